The van der Waals surface area contributed by atoms with Crippen LogP contribution in [0, 0.1) is 6.92 Å². The molecule has 3 aromatic rings. The maximum absolute atomic E-state index is 12.3. The summed E-state index contributed by atoms with van der Waals surface area (Å²) < 4.78 is 6.53. The highest BCUT2D eigenvalue weighted by Crippen LogP contribution is 2.04. The molecule has 1 aromatic carbocycles. The van der Waals surface area contributed by atoms with Gasteiger partial charge in [-0.2, -0.15) is 5.10 Å². The number of fused-ring (bicyclic) bond motifs is 1. The van der Waals surface area contributed by atoms with Gasteiger partial charge in [-0.1, -0.05) is 12.1 Å². The molecule has 116 valence electrons. The Hall–Kier alpha value is -3.22. The second kappa shape index (κ2) is 6.27. The Morgan fingerprint density at radius 3 is 2.96 bits per heavy atom. The van der Waals surface area contributed by atoms with E-state index >= 15 is 0 Å². The molecule has 3 rings (SSSR count). The Labute approximate surface area is 131 Å². The lowest BCUT2D eigenvalue weighted by molar-refractivity contribution is -0.121. The summed E-state index contributed by atoms with van der Waals surface area (Å²) in [5.41, 5.74) is 2.68. The van der Waals surface area contributed by atoms with Gasteiger partial charge in [-0.05, 0) is 31.2 Å². The zero-order valence-electron chi connectivity index (χ0n) is 12.4. The number of aryl methyl sites for hydroxylation is 1. The molecule has 1 N–H and O–H groups in total. The Morgan fingerprint density at radius 2 is 2.17 bits per heavy atom. The molecular formula is C16H14N4O3. The minimum atomic E-state index is -0.427. The zero-order valence-corrected chi connectivity index (χ0v) is 12.4. The van der Waals surface area contributed by atoms with Gasteiger partial charge >= 0.3 is 0 Å². The first-order valence-electron chi connectivity index (χ1n) is 6.96. The van der Waals surface area contributed by atoms with E-state index in [4.69, 9.17) is 4.42 Å². The second-order valence-corrected chi connectivity index (χ2v) is 4.94. The number of carbonyl (C=O) groups is 1. The van der Waals surface area contributed by atoms with Crippen molar-refractivity contribution in [1.29, 1.82) is 0 Å². The summed E-state index contributed by atoms with van der Waals surface area (Å²) in [6, 6.07) is 10.5. The van der Waals surface area contributed by atoms with Crippen LogP contribution in [0.15, 0.2) is 57.0 Å². The molecule has 2 heterocycles. The van der Waals surface area contributed by atoms with E-state index in [9.17, 15) is 9.59 Å². The van der Waals surface area contributed by atoms with Gasteiger partial charge in [0, 0.05) is 0 Å². The molecule has 2 aromatic heterocycles. The lowest BCUT2D eigenvalue weighted by atomic mass is 10.2. The van der Waals surface area contributed by atoms with Gasteiger partial charge in [0.2, 0.25) is 0 Å². The number of carbonyl (C=O) groups excluding carboxylic acids is 1. The van der Waals surface area contributed by atoms with Crippen LogP contribution in [0.25, 0.3) is 10.9 Å². The van der Waals surface area contributed by atoms with Gasteiger partial charge < -0.3 is 4.42 Å². The zero-order chi connectivity index (χ0) is 16.2. The number of hydrogen-bond acceptors (Lipinski definition) is 5. The Balaban J connectivity index is 1.69. The highest BCUT2D eigenvalue weighted by atomic mass is 16.3. The first-order valence-corrected chi connectivity index (χ1v) is 6.96. The van der Waals surface area contributed by atoms with Crippen molar-refractivity contribution in [2.24, 2.45) is 5.10 Å². The van der Waals surface area contributed by atoms with Gasteiger partial charge in [-0.15, -0.1) is 0 Å². The SMILES string of the molecule is Cc1ccc(/C=N/NC(=O)Cn2cnc3ccccc3c2=O)o1. The molecule has 0 aliphatic carbocycles. The third-order valence-electron chi connectivity index (χ3n) is 3.19. The third kappa shape index (κ3) is 3.34. The van der Waals surface area contributed by atoms with Crippen LogP contribution in [0.2, 0.25) is 0 Å². The van der Waals surface area contributed by atoms with Crippen LogP contribution in [0.1, 0.15) is 11.5 Å². The Morgan fingerprint density at radius 1 is 1.35 bits per heavy atom. The van der Waals surface area contributed by atoms with Crippen LogP contribution in [-0.4, -0.2) is 21.7 Å². The molecule has 0 saturated carbocycles. The summed E-state index contributed by atoms with van der Waals surface area (Å²) in [4.78, 5) is 28.3. The average Bonchev–Trinajstić information content (AvgIpc) is 2.96. The van der Waals surface area contributed by atoms with Crippen LogP contribution < -0.4 is 11.0 Å². The van der Waals surface area contributed by atoms with E-state index in [0.717, 1.165) is 5.76 Å². The Bertz CT molecular complexity index is 940. The number of furan rings is 1. The van der Waals surface area contributed by atoms with Crippen LogP contribution in [0.3, 0.4) is 0 Å². The molecule has 0 bridgehead atoms. The highest BCUT2D eigenvalue weighted by molar-refractivity contribution is 5.81. The van der Waals surface area contributed by atoms with Gasteiger partial charge in [0.1, 0.15) is 18.1 Å². The van der Waals surface area contributed by atoms with Crippen molar-refractivity contribution in [3.8, 4) is 0 Å². The number of hydrogen-bond donors (Lipinski definition) is 1. The van der Waals surface area contributed by atoms with E-state index in [2.05, 4.69) is 15.5 Å². The van der Waals surface area contributed by atoms with Crippen molar-refractivity contribution < 1.29 is 9.21 Å². The van der Waals surface area contributed by atoms with Gasteiger partial charge in [0.15, 0.2) is 0 Å². The van der Waals surface area contributed by atoms with Crippen molar-refractivity contribution in [3.05, 3.63) is 64.6 Å². The summed E-state index contributed by atoms with van der Waals surface area (Å²) in [6.45, 7) is 1.65. The standard InChI is InChI=1S/C16H14N4O3/c1-11-6-7-12(23-11)8-18-19-15(21)9-20-10-17-14-5-3-2-4-13(14)16(20)22/h2-8,10H,9H2,1H3,(H,19,21)/b18-8+. The minimum absolute atomic E-state index is 0.162. The number of amides is 1. The lowest BCUT2D eigenvalue weighted by Gasteiger charge is -2.05. The van der Waals surface area contributed by atoms with E-state index in [1.165, 1.54) is 17.1 Å². The maximum Gasteiger partial charge on any atom is 0.261 e. The normalized spacial score (nSPS) is 11.2. The van der Waals surface area contributed by atoms with Gasteiger partial charge in [-0.25, -0.2) is 10.4 Å². The van der Waals surface area contributed by atoms with Crippen molar-refractivity contribution in [2.75, 3.05) is 0 Å². The lowest BCUT2D eigenvalue weighted by Crippen LogP contribution is -2.30. The van der Waals surface area contributed by atoms with Gasteiger partial charge in [0.25, 0.3) is 11.5 Å². The molecule has 0 unspecified atom stereocenters. The predicted octanol–water partition coefficient (Wildman–Crippen LogP) is 1.45. The molecule has 0 aliphatic rings. The van der Waals surface area contributed by atoms with Crippen LogP contribution in [0.4, 0.5) is 0 Å². The highest BCUT2D eigenvalue weighted by Gasteiger charge is 2.07. The fraction of sp³-hybridized carbons (Fsp3) is 0.125. The van der Waals surface area contributed by atoms with E-state index in [1.807, 2.05) is 6.92 Å². The van der Waals surface area contributed by atoms with E-state index in [1.54, 1.807) is 36.4 Å². The van der Waals surface area contributed by atoms with E-state index in [-0.39, 0.29) is 12.1 Å². The number of nitrogens with one attached hydrogen (secondary N) is 1. The summed E-state index contributed by atoms with van der Waals surface area (Å²) in [6.07, 6.45) is 2.75. The maximum atomic E-state index is 12.3. The second-order valence-electron chi connectivity index (χ2n) is 4.94. The average molecular weight is 310 g/mol. The summed E-state index contributed by atoms with van der Waals surface area (Å²) in [7, 11) is 0. The smallest absolute Gasteiger partial charge is 0.261 e. The third-order valence-corrected chi connectivity index (χ3v) is 3.19. The Kier molecular flexibility index (Phi) is 4.01. The first kappa shape index (κ1) is 14.7. The molecule has 0 atom stereocenters. The van der Waals surface area contributed by atoms with Crippen molar-refractivity contribution in [2.45, 2.75) is 13.5 Å². The molecule has 7 nitrogen and oxygen atoms in total. The summed E-state index contributed by atoms with van der Waals surface area (Å²) >= 11 is 0. The quantitative estimate of drug-likeness (QED) is 0.583. The number of benzene rings is 1. The molecular weight excluding hydrogens is 296 g/mol. The molecule has 0 fully saturated rings. The fourth-order valence-corrected chi connectivity index (χ4v) is 2.10. The number of nitrogens with zero attached hydrogens (tertiary/aromatic N) is 3. The van der Waals surface area contributed by atoms with Gasteiger partial charge in [0.05, 0.1) is 23.4 Å². The van der Waals surface area contributed by atoms with E-state index < -0.39 is 5.91 Å². The molecule has 0 aliphatic heterocycles. The van der Waals surface area contributed by atoms with Crippen molar-refractivity contribution in [1.82, 2.24) is 15.0 Å². The predicted molar refractivity (Wildman–Crippen MR) is 85.2 cm³/mol. The molecule has 7 heteroatoms. The number of rotatable bonds is 4. The molecule has 0 spiro atoms. The number of para-hydroxylation sites is 1. The number of aromatic nitrogens is 2. The summed E-state index contributed by atoms with van der Waals surface area (Å²) in [5.74, 6) is 0.864. The van der Waals surface area contributed by atoms with Crippen LogP contribution in [0.5, 0.6) is 0 Å². The van der Waals surface area contributed by atoms with Crippen LogP contribution >= 0.6 is 0 Å². The van der Waals surface area contributed by atoms with E-state index in [0.29, 0.717) is 16.7 Å². The largest absolute Gasteiger partial charge is 0.460 e. The molecule has 23 heavy (non-hydrogen) atoms. The number of hydrazone groups is 1. The van der Waals surface area contributed by atoms with Crippen molar-refractivity contribution in [3.63, 3.8) is 0 Å². The van der Waals surface area contributed by atoms with Crippen molar-refractivity contribution >= 4 is 23.0 Å². The first-order chi connectivity index (χ1) is 11.1. The fourth-order valence-electron chi connectivity index (χ4n) is 2.10. The van der Waals surface area contributed by atoms with Crippen LogP contribution in [-0.2, 0) is 11.3 Å². The molecule has 0 saturated heterocycles. The molecule has 1 amide bonds. The summed E-state index contributed by atoms with van der Waals surface area (Å²) in [5, 5.41) is 4.26. The minimum Gasteiger partial charge on any atom is -0.460 e. The molecule has 0 radical (unpaired) electrons. The monoisotopic (exact) mass is 310 g/mol. The topological polar surface area (TPSA) is 89.5 Å². The van der Waals surface area contributed by atoms with Gasteiger partial charge in [-0.3, -0.25) is 14.2 Å².